The van der Waals surface area contributed by atoms with Crippen molar-refractivity contribution in [1.82, 2.24) is 10.6 Å². The number of rotatable bonds is 8. The van der Waals surface area contributed by atoms with E-state index in [1.54, 1.807) is 27.7 Å². The Kier molecular flexibility index (Phi) is 9.05. The van der Waals surface area contributed by atoms with Gasteiger partial charge in [0.25, 0.3) is 5.91 Å². The lowest BCUT2D eigenvalue weighted by Crippen LogP contribution is -2.49. The van der Waals surface area contributed by atoms with Crippen molar-refractivity contribution < 1.29 is 28.6 Å². The zero-order valence-electron chi connectivity index (χ0n) is 16.8. The third kappa shape index (κ3) is 8.04. The van der Waals surface area contributed by atoms with Crippen LogP contribution in [0.3, 0.4) is 0 Å². The van der Waals surface area contributed by atoms with Crippen LogP contribution in [-0.2, 0) is 9.53 Å². The monoisotopic (exact) mass is 414 g/mol. The molecule has 0 saturated carbocycles. The molecule has 8 nitrogen and oxygen atoms in total. The van der Waals surface area contributed by atoms with Crippen molar-refractivity contribution in [3.63, 3.8) is 0 Å². The van der Waals surface area contributed by atoms with Crippen molar-refractivity contribution in [3.8, 4) is 11.5 Å². The number of amides is 3. The lowest BCUT2D eigenvalue weighted by atomic mass is 10.1. The zero-order valence-corrected chi connectivity index (χ0v) is 17.6. The molecule has 3 amide bonds. The van der Waals surface area contributed by atoms with Crippen LogP contribution in [0.25, 0.3) is 0 Å². The van der Waals surface area contributed by atoms with E-state index in [0.717, 1.165) is 6.42 Å². The number of esters is 1. The fourth-order valence-corrected chi connectivity index (χ4v) is 2.31. The van der Waals surface area contributed by atoms with Gasteiger partial charge >= 0.3 is 12.0 Å². The molecule has 0 aliphatic rings. The van der Waals surface area contributed by atoms with E-state index in [9.17, 15) is 14.4 Å². The van der Waals surface area contributed by atoms with Gasteiger partial charge in [0.1, 0.15) is 0 Å². The molecule has 0 spiro atoms. The van der Waals surface area contributed by atoms with E-state index in [-0.39, 0.29) is 10.6 Å². The molecule has 0 heterocycles. The molecule has 1 aromatic carbocycles. The van der Waals surface area contributed by atoms with Crippen molar-refractivity contribution in [2.45, 2.75) is 46.6 Å². The van der Waals surface area contributed by atoms with Crippen LogP contribution in [-0.4, -0.2) is 43.3 Å². The summed E-state index contributed by atoms with van der Waals surface area (Å²) in [6.45, 7) is 9.22. The number of imide groups is 1. The number of hydrogen-bond donors (Lipinski definition) is 2. The molecule has 0 aliphatic heterocycles. The van der Waals surface area contributed by atoms with Crippen LogP contribution < -0.4 is 20.1 Å². The van der Waals surface area contributed by atoms with Gasteiger partial charge in [-0.15, -0.1) is 0 Å². The highest BCUT2D eigenvalue weighted by atomic mass is 35.5. The molecule has 28 heavy (non-hydrogen) atoms. The summed E-state index contributed by atoms with van der Waals surface area (Å²) in [5, 5.41) is 4.84. The third-order valence-electron chi connectivity index (χ3n) is 3.07. The first-order valence-corrected chi connectivity index (χ1v) is 9.33. The number of hydrogen-bond acceptors (Lipinski definition) is 6. The molecule has 0 atom stereocenters. The van der Waals surface area contributed by atoms with Gasteiger partial charge in [0.2, 0.25) is 0 Å². The molecule has 0 fully saturated rings. The Morgan fingerprint density at radius 2 is 1.79 bits per heavy atom. The Morgan fingerprint density at radius 1 is 1.11 bits per heavy atom. The second-order valence-electron chi connectivity index (χ2n) is 6.90. The Morgan fingerprint density at radius 3 is 2.36 bits per heavy atom. The van der Waals surface area contributed by atoms with Crippen LogP contribution in [0.1, 0.15) is 51.4 Å². The fraction of sp³-hybridized carbons (Fsp3) is 0.526. The van der Waals surface area contributed by atoms with Gasteiger partial charge in [0, 0.05) is 5.54 Å². The number of carbonyl (C=O) groups excluding carboxylic acids is 3. The van der Waals surface area contributed by atoms with Gasteiger partial charge in [-0.3, -0.25) is 10.1 Å². The zero-order chi connectivity index (χ0) is 21.3. The van der Waals surface area contributed by atoms with Crippen molar-refractivity contribution in [2.24, 2.45) is 0 Å². The lowest BCUT2D eigenvalue weighted by Gasteiger charge is -2.20. The van der Waals surface area contributed by atoms with Gasteiger partial charge in [-0.1, -0.05) is 18.5 Å². The molecule has 0 radical (unpaired) electrons. The molecular formula is C19H27ClN2O6. The SMILES string of the molecule is CCCOc1c(Cl)cc(C(=O)OCC(=O)NC(=O)NC(C)(C)C)cc1OCC. The summed E-state index contributed by atoms with van der Waals surface area (Å²) < 4.78 is 16.0. The number of benzene rings is 1. The minimum Gasteiger partial charge on any atom is -0.490 e. The van der Waals surface area contributed by atoms with Crippen LogP contribution in [0.4, 0.5) is 4.79 Å². The Labute approximate surface area is 169 Å². The van der Waals surface area contributed by atoms with Crippen molar-refractivity contribution in [1.29, 1.82) is 0 Å². The van der Waals surface area contributed by atoms with Gasteiger partial charge in [-0.25, -0.2) is 9.59 Å². The average Bonchev–Trinajstić information content (AvgIpc) is 2.57. The Balaban J connectivity index is 2.76. The van der Waals surface area contributed by atoms with Crippen molar-refractivity contribution in [3.05, 3.63) is 22.7 Å². The van der Waals surface area contributed by atoms with Crippen LogP contribution >= 0.6 is 11.6 Å². The Bertz CT molecular complexity index is 715. The number of carbonyl (C=O) groups is 3. The maximum atomic E-state index is 12.2. The number of nitrogens with one attached hydrogen (secondary N) is 2. The molecule has 2 N–H and O–H groups in total. The summed E-state index contributed by atoms with van der Waals surface area (Å²) >= 11 is 6.20. The van der Waals surface area contributed by atoms with E-state index < -0.39 is 30.1 Å². The molecule has 0 bridgehead atoms. The summed E-state index contributed by atoms with van der Waals surface area (Å²) in [6, 6.07) is 2.14. The van der Waals surface area contributed by atoms with Gasteiger partial charge in [0.15, 0.2) is 18.1 Å². The number of urea groups is 1. The normalized spacial score (nSPS) is 10.8. The summed E-state index contributed by atoms with van der Waals surface area (Å²) in [7, 11) is 0. The quantitative estimate of drug-likeness (QED) is 0.632. The van der Waals surface area contributed by atoms with E-state index in [1.807, 2.05) is 6.92 Å². The molecule has 156 valence electrons. The molecule has 0 saturated heterocycles. The maximum absolute atomic E-state index is 12.2. The second-order valence-corrected chi connectivity index (χ2v) is 7.30. The molecule has 9 heteroatoms. The molecule has 0 aromatic heterocycles. The first-order valence-electron chi connectivity index (χ1n) is 8.95. The van der Waals surface area contributed by atoms with Gasteiger partial charge in [0.05, 0.1) is 23.8 Å². The number of halogens is 1. The second kappa shape index (κ2) is 10.8. The molecule has 1 rings (SSSR count). The highest BCUT2D eigenvalue weighted by molar-refractivity contribution is 6.32. The lowest BCUT2D eigenvalue weighted by molar-refractivity contribution is -0.123. The van der Waals surface area contributed by atoms with E-state index in [4.69, 9.17) is 25.8 Å². The van der Waals surface area contributed by atoms with Crippen LogP contribution in [0.2, 0.25) is 5.02 Å². The largest absolute Gasteiger partial charge is 0.490 e. The third-order valence-corrected chi connectivity index (χ3v) is 3.35. The minimum atomic E-state index is -0.781. The van der Waals surface area contributed by atoms with E-state index in [2.05, 4.69) is 10.6 Å². The summed E-state index contributed by atoms with van der Waals surface area (Å²) in [4.78, 5) is 35.6. The van der Waals surface area contributed by atoms with E-state index in [1.165, 1.54) is 12.1 Å². The van der Waals surface area contributed by atoms with Crippen molar-refractivity contribution in [2.75, 3.05) is 19.8 Å². The van der Waals surface area contributed by atoms with Crippen LogP contribution in [0, 0.1) is 0 Å². The van der Waals surface area contributed by atoms with Crippen LogP contribution in [0.15, 0.2) is 12.1 Å². The molecular weight excluding hydrogens is 388 g/mol. The standard InChI is InChI=1S/C19H27ClN2O6/c1-6-8-27-16-13(20)9-12(10-14(16)26-7-2)17(24)28-11-15(23)21-18(25)22-19(3,4)5/h9-10H,6-8,11H2,1-5H3,(H2,21,22,23,25). The fourth-order valence-electron chi connectivity index (χ4n) is 2.04. The molecule has 0 unspecified atom stereocenters. The predicted octanol–water partition coefficient (Wildman–Crippen LogP) is 3.31. The first kappa shape index (κ1) is 23.6. The van der Waals surface area contributed by atoms with E-state index in [0.29, 0.717) is 24.7 Å². The Hall–Kier alpha value is -2.48. The van der Waals surface area contributed by atoms with Gasteiger partial charge in [-0.05, 0) is 46.2 Å². The summed E-state index contributed by atoms with van der Waals surface area (Å²) in [5.74, 6) is -0.881. The molecule has 0 aliphatic carbocycles. The topological polar surface area (TPSA) is 103 Å². The van der Waals surface area contributed by atoms with Crippen LogP contribution in [0.5, 0.6) is 11.5 Å². The van der Waals surface area contributed by atoms with Crippen molar-refractivity contribution >= 4 is 29.5 Å². The minimum absolute atomic E-state index is 0.101. The van der Waals surface area contributed by atoms with Gasteiger partial charge in [-0.2, -0.15) is 0 Å². The first-order chi connectivity index (χ1) is 13.1. The highest BCUT2D eigenvalue weighted by Crippen LogP contribution is 2.37. The summed E-state index contributed by atoms with van der Waals surface area (Å²) in [6.07, 6.45) is 0.781. The highest BCUT2D eigenvalue weighted by Gasteiger charge is 2.19. The predicted molar refractivity (Wildman–Crippen MR) is 105 cm³/mol. The smallest absolute Gasteiger partial charge is 0.338 e. The van der Waals surface area contributed by atoms with Gasteiger partial charge < -0.3 is 19.5 Å². The average molecular weight is 415 g/mol. The van der Waals surface area contributed by atoms with E-state index >= 15 is 0 Å². The number of ether oxygens (including phenoxy) is 3. The maximum Gasteiger partial charge on any atom is 0.338 e. The summed E-state index contributed by atoms with van der Waals surface area (Å²) in [5.41, 5.74) is -0.404. The molecule has 1 aromatic rings.